The predicted octanol–water partition coefficient (Wildman–Crippen LogP) is 3.72. The zero-order chi connectivity index (χ0) is 15.4. The molecule has 0 saturated heterocycles. The molecule has 1 aromatic heterocycles. The number of aryl methyl sites for hydroxylation is 2. The molecule has 1 N–H and O–H groups in total. The van der Waals surface area contributed by atoms with Gasteiger partial charge in [0.2, 0.25) is 0 Å². The Kier molecular flexibility index (Phi) is 4.96. The molecule has 0 amide bonds. The minimum atomic E-state index is -0.214. The lowest BCUT2D eigenvalue weighted by Gasteiger charge is -2.18. The molecule has 0 saturated carbocycles. The zero-order valence-electron chi connectivity index (χ0n) is 13.0. The summed E-state index contributed by atoms with van der Waals surface area (Å²) in [7, 11) is 1.83. The number of hydrogen-bond acceptors (Lipinski definition) is 3. The van der Waals surface area contributed by atoms with Crippen molar-refractivity contribution in [2.24, 2.45) is 7.05 Å². The third-order valence-corrected chi connectivity index (χ3v) is 3.37. The first-order valence-electron chi connectivity index (χ1n) is 7.21. The number of halogens is 1. The van der Waals surface area contributed by atoms with Crippen molar-refractivity contribution in [3.8, 4) is 11.5 Å². The quantitative estimate of drug-likeness (QED) is 0.881. The van der Waals surface area contributed by atoms with Crippen LogP contribution in [-0.2, 0) is 7.05 Å². The van der Waals surface area contributed by atoms with Gasteiger partial charge in [-0.1, -0.05) is 6.92 Å². The van der Waals surface area contributed by atoms with Crippen molar-refractivity contribution in [3.05, 3.63) is 41.5 Å². The zero-order valence-corrected chi connectivity index (χ0v) is 13.0. The van der Waals surface area contributed by atoms with E-state index in [1.807, 2.05) is 14.0 Å². The summed E-state index contributed by atoms with van der Waals surface area (Å²) in [6, 6.07) is 3.31. The number of benzene rings is 1. The largest absolute Gasteiger partial charge is 0.454 e. The third-order valence-electron chi connectivity index (χ3n) is 3.37. The van der Waals surface area contributed by atoms with Crippen LogP contribution in [0.4, 0.5) is 4.39 Å². The first-order chi connectivity index (χ1) is 10.0. The van der Waals surface area contributed by atoms with E-state index < -0.39 is 0 Å². The molecule has 2 aromatic rings. The minimum absolute atomic E-state index is 0.0201. The summed E-state index contributed by atoms with van der Waals surface area (Å²) in [6.45, 7) is 6.72. The van der Waals surface area contributed by atoms with E-state index in [0.717, 1.165) is 18.5 Å². The Labute approximate surface area is 124 Å². The van der Waals surface area contributed by atoms with Gasteiger partial charge in [0, 0.05) is 18.7 Å². The Balaban J connectivity index is 2.31. The maximum atomic E-state index is 13.9. The van der Waals surface area contributed by atoms with E-state index in [1.54, 1.807) is 36.1 Å². The van der Waals surface area contributed by atoms with Crippen LogP contribution in [0.1, 0.15) is 37.4 Å². The molecule has 1 atom stereocenters. The molecule has 0 radical (unpaired) electrons. The SMILES string of the molecule is CCCNC(C)c1cc(F)c(C)cc1Oc1cnn(C)c1. The van der Waals surface area contributed by atoms with Crippen LogP contribution < -0.4 is 10.1 Å². The van der Waals surface area contributed by atoms with Gasteiger partial charge in [-0.05, 0) is 44.5 Å². The summed E-state index contributed by atoms with van der Waals surface area (Å²) in [4.78, 5) is 0. The highest BCUT2D eigenvalue weighted by molar-refractivity contribution is 5.42. The van der Waals surface area contributed by atoms with Gasteiger partial charge in [0.15, 0.2) is 5.75 Å². The lowest BCUT2D eigenvalue weighted by molar-refractivity contribution is 0.456. The van der Waals surface area contributed by atoms with E-state index in [9.17, 15) is 4.39 Å². The Morgan fingerprint density at radius 2 is 2.19 bits per heavy atom. The molecule has 114 valence electrons. The number of nitrogens with one attached hydrogen (secondary N) is 1. The third kappa shape index (κ3) is 3.82. The van der Waals surface area contributed by atoms with Crippen LogP contribution in [0.15, 0.2) is 24.5 Å². The highest BCUT2D eigenvalue weighted by Crippen LogP contribution is 2.31. The van der Waals surface area contributed by atoms with Crippen molar-refractivity contribution in [2.75, 3.05) is 6.54 Å². The fraction of sp³-hybridized carbons (Fsp3) is 0.438. The topological polar surface area (TPSA) is 39.1 Å². The lowest BCUT2D eigenvalue weighted by atomic mass is 10.0. The average Bonchev–Trinajstić information content (AvgIpc) is 2.85. The van der Waals surface area contributed by atoms with Crippen molar-refractivity contribution < 1.29 is 9.13 Å². The van der Waals surface area contributed by atoms with Crippen LogP contribution >= 0.6 is 0 Å². The molecule has 5 heteroatoms. The second-order valence-corrected chi connectivity index (χ2v) is 5.27. The second kappa shape index (κ2) is 6.72. The van der Waals surface area contributed by atoms with Crippen LogP contribution in [0, 0.1) is 12.7 Å². The number of aromatic nitrogens is 2. The molecule has 21 heavy (non-hydrogen) atoms. The molecular weight excluding hydrogens is 269 g/mol. The molecular formula is C16H22FN3O. The van der Waals surface area contributed by atoms with Crippen molar-refractivity contribution in [1.29, 1.82) is 0 Å². The predicted molar refractivity (Wildman–Crippen MR) is 81.1 cm³/mol. The Hall–Kier alpha value is -1.88. The molecule has 2 rings (SSSR count). The van der Waals surface area contributed by atoms with E-state index in [1.165, 1.54) is 0 Å². The van der Waals surface area contributed by atoms with Gasteiger partial charge in [-0.25, -0.2) is 4.39 Å². The van der Waals surface area contributed by atoms with Gasteiger partial charge in [-0.15, -0.1) is 0 Å². The van der Waals surface area contributed by atoms with E-state index in [0.29, 0.717) is 17.1 Å². The molecule has 0 aliphatic carbocycles. The Morgan fingerprint density at radius 3 is 2.81 bits per heavy atom. The summed E-state index contributed by atoms with van der Waals surface area (Å²) in [6.07, 6.45) is 4.46. The number of nitrogens with zero attached hydrogens (tertiary/aromatic N) is 2. The summed E-state index contributed by atoms with van der Waals surface area (Å²) in [5, 5.41) is 7.44. The van der Waals surface area contributed by atoms with Gasteiger partial charge in [0.05, 0.1) is 12.4 Å². The van der Waals surface area contributed by atoms with Gasteiger partial charge in [0.1, 0.15) is 11.6 Å². The van der Waals surface area contributed by atoms with Crippen LogP contribution in [0.5, 0.6) is 11.5 Å². The summed E-state index contributed by atoms with van der Waals surface area (Å²) in [5.74, 6) is 1.10. The van der Waals surface area contributed by atoms with Crippen molar-refractivity contribution >= 4 is 0 Å². The fourth-order valence-electron chi connectivity index (χ4n) is 2.15. The van der Waals surface area contributed by atoms with Gasteiger partial charge < -0.3 is 10.1 Å². The number of ether oxygens (including phenoxy) is 1. The normalized spacial score (nSPS) is 12.4. The minimum Gasteiger partial charge on any atom is -0.454 e. The summed E-state index contributed by atoms with van der Waals surface area (Å²) < 4.78 is 21.4. The van der Waals surface area contributed by atoms with E-state index >= 15 is 0 Å². The molecule has 0 aliphatic heterocycles. The number of hydrogen-bond donors (Lipinski definition) is 1. The molecule has 0 bridgehead atoms. The molecule has 0 spiro atoms. The van der Waals surface area contributed by atoms with Crippen LogP contribution in [-0.4, -0.2) is 16.3 Å². The monoisotopic (exact) mass is 291 g/mol. The maximum absolute atomic E-state index is 13.9. The first kappa shape index (κ1) is 15.5. The smallest absolute Gasteiger partial charge is 0.165 e. The molecule has 1 unspecified atom stereocenters. The Bertz CT molecular complexity index is 610. The highest BCUT2D eigenvalue weighted by Gasteiger charge is 2.15. The van der Waals surface area contributed by atoms with Crippen molar-refractivity contribution in [3.63, 3.8) is 0 Å². The van der Waals surface area contributed by atoms with Crippen LogP contribution in [0.2, 0.25) is 0 Å². The summed E-state index contributed by atoms with van der Waals surface area (Å²) >= 11 is 0. The average molecular weight is 291 g/mol. The maximum Gasteiger partial charge on any atom is 0.165 e. The van der Waals surface area contributed by atoms with Gasteiger partial charge >= 0.3 is 0 Å². The van der Waals surface area contributed by atoms with E-state index in [4.69, 9.17) is 4.74 Å². The second-order valence-electron chi connectivity index (χ2n) is 5.27. The first-order valence-corrected chi connectivity index (χ1v) is 7.21. The van der Waals surface area contributed by atoms with Gasteiger partial charge in [-0.3, -0.25) is 4.68 Å². The number of rotatable bonds is 6. The van der Waals surface area contributed by atoms with Crippen molar-refractivity contribution in [1.82, 2.24) is 15.1 Å². The lowest BCUT2D eigenvalue weighted by Crippen LogP contribution is -2.20. The molecule has 1 aromatic carbocycles. The molecule has 0 aliphatic rings. The van der Waals surface area contributed by atoms with Crippen molar-refractivity contribution in [2.45, 2.75) is 33.2 Å². The summed E-state index contributed by atoms with van der Waals surface area (Å²) in [5.41, 5.74) is 1.38. The molecule has 4 nitrogen and oxygen atoms in total. The standard InChI is InChI=1S/C16H22FN3O/c1-5-6-18-12(3)14-8-15(17)11(2)7-16(14)21-13-9-19-20(4)10-13/h7-10,12,18H,5-6H2,1-4H3. The molecule has 0 fully saturated rings. The highest BCUT2D eigenvalue weighted by atomic mass is 19.1. The van der Waals surface area contributed by atoms with Crippen LogP contribution in [0.3, 0.4) is 0 Å². The van der Waals surface area contributed by atoms with Gasteiger partial charge in [-0.2, -0.15) is 5.10 Å². The fourth-order valence-corrected chi connectivity index (χ4v) is 2.15. The Morgan fingerprint density at radius 1 is 1.43 bits per heavy atom. The van der Waals surface area contributed by atoms with Crippen LogP contribution in [0.25, 0.3) is 0 Å². The van der Waals surface area contributed by atoms with E-state index in [-0.39, 0.29) is 11.9 Å². The van der Waals surface area contributed by atoms with E-state index in [2.05, 4.69) is 17.3 Å². The molecule has 1 heterocycles. The van der Waals surface area contributed by atoms with Gasteiger partial charge in [0.25, 0.3) is 0 Å².